The SMILES string of the molecule is CN(C)N(C)C(=O)[C@@]1(Cc2ccccc2)CCCN(C(=O)[C@@H](Cc2cc3ccccc3[nH]2)NC(=O)C(C)(C)N)C1. The second kappa shape index (κ2) is 11.8. The Kier molecular flexibility index (Phi) is 8.65. The van der Waals surface area contributed by atoms with E-state index in [0.717, 1.165) is 22.2 Å². The Morgan fingerprint density at radius 2 is 1.75 bits per heavy atom. The minimum atomic E-state index is -1.15. The van der Waals surface area contributed by atoms with Gasteiger partial charge in [-0.1, -0.05) is 48.5 Å². The Hall–Kier alpha value is -3.69. The Morgan fingerprint density at radius 3 is 2.40 bits per heavy atom. The summed E-state index contributed by atoms with van der Waals surface area (Å²) in [5.41, 5.74) is 7.00. The highest BCUT2D eigenvalue weighted by atomic mass is 16.2. The summed E-state index contributed by atoms with van der Waals surface area (Å²) < 4.78 is 0. The molecule has 1 aliphatic heterocycles. The second-order valence-electron chi connectivity index (χ2n) is 11.8. The Bertz CT molecular complexity index is 1310. The van der Waals surface area contributed by atoms with Crippen LogP contribution in [0.1, 0.15) is 37.9 Å². The van der Waals surface area contributed by atoms with Crippen LogP contribution in [0, 0.1) is 5.41 Å². The maximum atomic E-state index is 14.2. The number of rotatable bonds is 9. The maximum Gasteiger partial charge on any atom is 0.245 e. The van der Waals surface area contributed by atoms with Crippen molar-refractivity contribution in [3.63, 3.8) is 0 Å². The number of hydrogen-bond donors (Lipinski definition) is 3. The summed E-state index contributed by atoms with van der Waals surface area (Å²) in [6, 6.07) is 19.0. The molecule has 9 nitrogen and oxygen atoms in total. The van der Waals surface area contributed by atoms with Gasteiger partial charge in [-0.3, -0.25) is 19.4 Å². The van der Waals surface area contributed by atoms with Crippen molar-refractivity contribution in [2.45, 2.75) is 51.1 Å². The van der Waals surface area contributed by atoms with Gasteiger partial charge in [0, 0.05) is 51.9 Å². The number of hydrogen-bond acceptors (Lipinski definition) is 5. The minimum absolute atomic E-state index is 0.0295. The van der Waals surface area contributed by atoms with Crippen molar-refractivity contribution in [2.75, 3.05) is 34.2 Å². The number of aromatic nitrogens is 1. The summed E-state index contributed by atoms with van der Waals surface area (Å²) in [6.45, 7) is 4.02. The summed E-state index contributed by atoms with van der Waals surface area (Å²) in [7, 11) is 5.43. The molecule has 2 aromatic carbocycles. The monoisotopic (exact) mass is 546 g/mol. The third kappa shape index (κ3) is 6.54. The third-order valence-electron chi connectivity index (χ3n) is 7.82. The predicted molar refractivity (Wildman–Crippen MR) is 157 cm³/mol. The van der Waals surface area contributed by atoms with Gasteiger partial charge in [-0.25, -0.2) is 5.01 Å². The van der Waals surface area contributed by atoms with Gasteiger partial charge in [0.05, 0.1) is 11.0 Å². The first-order valence-electron chi connectivity index (χ1n) is 13.8. The first-order valence-corrected chi connectivity index (χ1v) is 13.8. The molecule has 1 aliphatic rings. The molecule has 0 spiro atoms. The highest BCUT2D eigenvalue weighted by Crippen LogP contribution is 2.36. The van der Waals surface area contributed by atoms with E-state index < -0.39 is 22.9 Å². The van der Waals surface area contributed by atoms with E-state index in [2.05, 4.69) is 10.3 Å². The summed E-state index contributed by atoms with van der Waals surface area (Å²) in [5.74, 6) is -0.648. The fourth-order valence-electron chi connectivity index (χ4n) is 5.45. The molecule has 0 unspecified atom stereocenters. The van der Waals surface area contributed by atoms with Crippen molar-refractivity contribution < 1.29 is 14.4 Å². The second-order valence-corrected chi connectivity index (χ2v) is 11.8. The van der Waals surface area contributed by atoms with Crippen LogP contribution in [0.4, 0.5) is 0 Å². The quantitative estimate of drug-likeness (QED) is 0.357. The lowest BCUT2D eigenvalue weighted by Crippen LogP contribution is -2.61. The van der Waals surface area contributed by atoms with E-state index >= 15 is 0 Å². The summed E-state index contributed by atoms with van der Waals surface area (Å²) in [6.07, 6.45) is 2.14. The molecular weight excluding hydrogens is 504 g/mol. The number of para-hydroxylation sites is 1. The van der Waals surface area contributed by atoms with Crippen molar-refractivity contribution in [2.24, 2.45) is 11.1 Å². The molecule has 1 fully saturated rings. The number of nitrogens with one attached hydrogen (secondary N) is 2. The number of H-pyrrole nitrogens is 1. The highest BCUT2D eigenvalue weighted by Gasteiger charge is 2.46. The molecule has 9 heteroatoms. The van der Waals surface area contributed by atoms with Crippen LogP contribution >= 0.6 is 0 Å². The van der Waals surface area contributed by atoms with Crippen molar-refractivity contribution in [1.29, 1.82) is 0 Å². The number of benzene rings is 2. The number of carbonyl (C=O) groups excluding carboxylic acids is 3. The van der Waals surface area contributed by atoms with Gasteiger partial charge in [-0.15, -0.1) is 0 Å². The molecule has 0 saturated carbocycles. The molecule has 4 rings (SSSR count). The molecule has 0 aliphatic carbocycles. The molecule has 0 radical (unpaired) electrons. The topological polar surface area (TPSA) is 115 Å². The minimum Gasteiger partial charge on any atom is -0.358 e. The zero-order chi connectivity index (χ0) is 29.1. The van der Waals surface area contributed by atoms with Crippen molar-refractivity contribution in [1.82, 2.24) is 25.2 Å². The normalized spacial score (nSPS) is 18.5. The highest BCUT2D eigenvalue weighted by molar-refractivity contribution is 5.92. The van der Waals surface area contributed by atoms with Crippen molar-refractivity contribution in [3.05, 3.63) is 71.9 Å². The molecule has 3 aromatic rings. The number of aromatic amines is 1. The predicted octanol–water partition coefficient (Wildman–Crippen LogP) is 2.72. The summed E-state index contributed by atoms with van der Waals surface area (Å²) >= 11 is 0. The van der Waals surface area contributed by atoms with E-state index in [-0.39, 0.29) is 24.8 Å². The van der Waals surface area contributed by atoms with Gasteiger partial charge in [-0.05, 0) is 56.2 Å². The van der Waals surface area contributed by atoms with Crippen LogP contribution in [-0.4, -0.2) is 83.4 Å². The third-order valence-corrected chi connectivity index (χ3v) is 7.82. The van der Waals surface area contributed by atoms with Gasteiger partial charge < -0.3 is 20.9 Å². The zero-order valence-electron chi connectivity index (χ0n) is 24.2. The van der Waals surface area contributed by atoms with Crippen LogP contribution in [-0.2, 0) is 27.2 Å². The Morgan fingerprint density at radius 1 is 1.07 bits per heavy atom. The number of nitrogens with two attached hydrogens (primary N) is 1. The van der Waals surface area contributed by atoms with E-state index in [4.69, 9.17) is 5.73 Å². The molecule has 1 saturated heterocycles. The van der Waals surface area contributed by atoms with Crippen molar-refractivity contribution in [3.8, 4) is 0 Å². The number of fused-ring (bicyclic) bond motifs is 1. The first-order chi connectivity index (χ1) is 18.9. The molecule has 214 valence electrons. The number of nitrogens with zero attached hydrogens (tertiary/aromatic N) is 3. The number of piperidine rings is 1. The number of carbonyl (C=O) groups is 3. The molecule has 1 aromatic heterocycles. The molecule has 3 amide bonds. The van der Waals surface area contributed by atoms with Gasteiger partial charge in [0.2, 0.25) is 17.7 Å². The standard InChI is InChI=1S/C31H42N6O3/c1-30(2,32)28(39)34-26(19-24-18-23-14-9-10-15-25(23)33-24)27(38)37-17-11-16-31(21-37,29(40)36(5)35(3)4)20-22-12-7-6-8-13-22/h6-10,12-15,18,26,33H,11,16-17,19-21,32H2,1-5H3,(H,34,39)/t26-,31-/m1/s1. The fourth-order valence-corrected chi connectivity index (χ4v) is 5.45. The van der Waals surface area contributed by atoms with Crippen LogP contribution in [0.2, 0.25) is 0 Å². The lowest BCUT2D eigenvalue weighted by Gasteiger charge is -2.45. The molecule has 4 N–H and O–H groups in total. The molecule has 2 heterocycles. The van der Waals surface area contributed by atoms with E-state index in [1.807, 2.05) is 74.8 Å². The first kappa shape index (κ1) is 29.3. The molecule has 40 heavy (non-hydrogen) atoms. The van der Waals surface area contributed by atoms with Crippen LogP contribution in [0.5, 0.6) is 0 Å². The lowest BCUT2D eigenvalue weighted by atomic mass is 9.74. The lowest BCUT2D eigenvalue weighted by molar-refractivity contribution is -0.159. The summed E-state index contributed by atoms with van der Waals surface area (Å²) in [4.78, 5) is 46.2. The Labute approximate surface area is 236 Å². The van der Waals surface area contributed by atoms with Gasteiger partial charge in [-0.2, -0.15) is 0 Å². The molecule has 0 bridgehead atoms. The maximum absolute atomic E-state index is 14.2. The molecule has 2 atom stereocenters. The van der Waals surface area contributed by atoms with E-state index in [1.54, 1.807) is 35.8 Å². The average molecular weight is 547 g/mol. The van der Waals surface area contributed by atoms with Crippen LogP contribution in [0.3, 0.4) is 0 Å². The Balaban J connectivity index is 1.65. The smallest absolute Gasteiger partial charge is 0.245 e. The number of amides is 3. The largest absolute Gasteiger partial charge is 0.358 e. The van der Waals surface area contributed by atoms with Gasteiger partial charge in [0.25, 0.3) is 0 Å². The van der Waals surface area contributed by atoms with E-state index in [0.29, 0.717) is 25.8 Å². The number of likely N-dealkylation sites (tertiary alicyclic amines) is 1. The van der Waals surface area contributed by atoms with Crippen LogP contribution in [0.15, 0.2) is 60.7 Å². The van der Waals surface area contributed by atoms with Crippen LogP contribution in [0.25, 0.3) is 10.9 Å². The van der Waals surface area contributed by atoms with Gasteiger partial charge in [0.1, 0.15) is 6.04 Å². The van der Waals surface area contributed by atoms with Gasteiger partial charge >= 0.3 is 0 Å². The number of hydrazine groups is 1. The van der Waals surface area contributed by atoms with Gasteiger partial charge in [0.15, 0.2) is 0 Å². The summed E-state index contributed by atoms with van der Waals surface area (Å²) in [5, 5.41) is 7.33. The fraction of sp³-hybridized carbons (Fsp3) is 0.452. The van der Waals surface area contributed by atoms with Crippen LogP contribution < -0.4 is 11.1 Å². The van der Waals surface area contributed by atoms with E-state index in [1.165, 1.54) is 0 Å². The average Bonchev–Trinajstić information content (AvgIpc) is 3.34. The molecular formula is C31H42N6O3. The van der Waals surface area contributed by atoms with Crippen molar-refractivity contribution >= 4 is 28.6 Å². The zero-order valence-corrected chi connectivity index (χ0v) is 24.2. The van der Waals surface area contributed by atoms with E-state index in [9.17, 15) is 14.4 Å².